The van der Waals surface area contributed by atoms with E-state index in [1.54, 1.807) is 12.3 Å². The number of carbonyl (C=O) groups is 1. The number of pyridine rings is 1. The zero-order valence-corrected chi connectivity index (χ0v) is 9.36. The number of aliphatic hydroxyl groups excluding tert-OH is 1. The van der Waals surface area contributed by atoms with Crippen molar-refractivity contribution in [2.24, 2.45) is 0 Å². The Hall–Kier alpha value is -1.56. The second kappa shape index (κ2) is 6.24. The molecule has 0 aliphatic heterocycles. The van der Waals surface area contributed by atoms with E-state index in [2.05, 4.69) is 10.3 Å². The van der Waals surface area contributed by atoms with E-state index in [1.807, 2.05) is 13.0 Å². The Labute approximate surface area is 97.7 Å². The van der Waals surface area contributed by atoms with Gasteiger partial charge in [0.1, 0.15) is 6.10 Å². The number of halogens is 2. The van der Waals surface area contributed by atoms with Crippen molar-refractivity contribution >= 4 is 5.91 Å². The van der Waals surface area contributed by atoms with Crippen LogP contribution >= 0.6 is 0 Å². The van der Waals surface area contributed by atoms with E-state index in [9.17, 15) is 13.6 Å². The molecule has 6 heteroatoms. The first-order chi connectivity index (χ1) is 8.00. The van der Waals surface area contributed by atoms with Crippen molar-refractivity contribution in [1.82, 2.24) is 10.3 Å². The summed E-state index contributed by atoms with van der Waals surface area (Å²) in [5.74, 6) is -0.438. The highest BCUT2D eigenvalue weighted by molar-refractivity contribution is 5.78. The van der Waals surface area contributed by atoms with Crippen molar-refractivity contribution in [3.05, 3.63) is 29.6 Å². The number of aromatic nitrogens is 1. The van der Waals surface area contributed by atoms with Crippen molar-refractivity contribution in [2.45, 2.75) is 25.9 Å². The van der Waals surface area contributed by atoms with Crippen LogP contribution in [0.4, 0.5) is 8.78 Å². The molecule has 17 heavy (non-hydrogen) atoms. The van der Waals surface area contributed by atoms with Crippen LogP contribution in [-0.2, 0) is 11.2 Å². The predicted molar refractivity (Wildman–Crippen MR) is 57.7 cm³/mol. The molecule has 0 aliphatic carbocycles. The summed E-state index contributed by atoms with van der Waals surface area (Å²) in [6, 6.07) is 3.56. The predicted octanol–water partition coefficient (Wildman–Crippen LogP) is 0.675. The molecule has 0 fully saturated rings. The zero-order valence-electron chi connectivity index (χ0n) is 9.36. The molecule has 1 amide bonds. The molecule has 1 aromatic heterocycles. The molecule has 4 nitrogen and oxygen atoms in total. The Morgan fingerprint density at radius 3 is 2.88 bits per heavy atom. The van der Waals surface area contributed by atoms with Gasteiger partial charge < -0.3 is 10.4 Å². The van der Waals surface area contributed by atoms with E-state index in [4.69, 9.17) is 5.11 Å². The summed E-state index contributed by atoms with van der Waals surface area (Å²) in [5.41, 5.74) is 1.45. The highest BCUT2D eigenvalue weighted by Gasteiger charge is 2.17. The van der Waals surface area contributed by atoms with Crippen LogP contribution in [0.5, 0.6) is 0 Å². The van der Waals surface area contributed by atoms with E-state index in [0.29, 0.717) is 5.69 Å². The fraction of sp³-hybridized carbons (Fsp3) is 0.455. The van der Waals surface area contributed by atoms with E-state index in [1.165, 1.54) is 0 Å². The monoisotopic (exact) mass is 244 g/mol. The highest BCUT2D eigenvalue weighted by atomic mass is 19.3. The van der Waals surface area contributed by atoms with Gasteiger partial charge in [-0.1, -0.05) is 6.07 Å². The number of aryl methyl sites for hydroxylation is 1. The molecule has 1 aromatic rings. The van der Waals surface area contributed by atoms with Gasteiger partial charge in [0, 0.05) is 12.7 Å². The fourth-order valence-electron chi connectivity index (χ4n) is 1.23. The number of amides is 1. The number of hydrogen-bond donors (Lipinski definition) is 2. The van der Waals surface area contributed by atoms with Crippen LogP contribution in [0.3, 0.4) is 0 Å². The minimum absolute atomic E-state index is 0.0165. The average Bonchev–Trinajstić information content (AvgIpc) is 2.29. The van der Waals surface area contributed by atoms with E-state index in [-0.39, 0.29) is 6.42 Å². The van der Waals surface area contributed by atoms with Crippen LogP contribution < -0.4 is 5.32 Å². The summed E-state index contributed by atoms with van der Waals surface area (Å²) in [7, 11) is 0. The van der Waals surface area contributed by atoms with Crippen molar-refractivity contribution < 1.29 is 18.7 Å². The van der Waals surface area contributed by atoms with Crippen LogP contribution in [0.2, 0.25) is 0 Å². The maximum atomic E-state index is 12.0. The molecular formula is C11H14F2N2O2. The van der Waals surface area contributed by atoms with Gasteiger partial charge in [-0.2, -0.15) is 0 Å². The first-order valence-corrected chi connectivity index (χ1v) is 5.14. The molecule has 1 rings (SSSR count). The van der Waals surface area contributed by atoms with E-state index < -0.39 is 25.0 Å². The highest BCUT2D eigenvalue weighted by Crippen LogP contribution is 2.04. The quantitative estimate of drug-likeness (QED) is 0.800. The molecule has 0 radical (unpaired) electrons. The van der Waals surface area contributed by atoms with Crippen molar-refractivity contribution in [2.75, 3.05) is 6.54 Å². The minimum Gasteiger partial charge on any atom is -0.385 e. The summed E-state index contributed by atoms with van der Waals surface area (Å²) < 4.78 is 23.9. The lowest BCUT2D eigenvalue weighted by atomic mass is 10.1. The Morgan fingerprint density at radius 1 is 1.59 bits per heavy atom. The van der Waals surface area contributed by atoms with Gasteiger partial charge in [-0.25, -0.2) is 8.78 Å². The molecule has 1 atom stereocenters. The summed E-state index contributed by atoms with van der Waals surface area (Å²) in [5, 5.41) is 11.0. The molecule has 0 saturated heterocycles. The molecule has 0 spiro atoms. The van der Waals surface area contributed by atoms with Gasteiger partial charge in [0.05, 0.1) is 12.1 Å². The molecule has 0 aromatic carbocycles. The third-order valence-corrected chi connectivity index (χ3v) is 2.25. The first-order valence-electron chi connectivity index (χ1n) is 5.14. The molecule has 0 bridgehead atoms. The van der Waals surface area contributed by atoms with Crippen LogP contribution in [0.25, 0.3) is 0 Å². The van der Waals surface area contributed by atoms with E-state index >= 15 is 0 Å². The summed E-state index contributed by atoms with van der Waals surface area (Å²) >= 11 is 0. The van der Waals surface area contributed by atoms with Gasteiger partial charge in [-0.15, -0.1) is 0 Å². The Balaban J connectivity index is 2.43. The number of nitrogens with one attached hydrogen (secondary N) is 1. The molecule has 0 aliphatic rings. The molecular weight excluding hydrogens is 230 g/mol. The smallest absolute Gasteiger partial charge is 0.265 e. The molecule has 1 unspecified atom stereocenters. The van der Waals surface area contributed by atoms with Crippen molar-refractivity contribution in [3.8, 4) is 0 Å². The summed E-state index contributed by atoms with van der Waals surface area (Å²) in [6.45, 7) is 1.35. The zero-order chi connectivity index (χ0) is 12.8. The number of carbonyl (C=O) groups excluding carboxylic acids is 1. The van der Waals surface area contributed by atoms with Crippen LogP contribution in [0.15, 0.2) is 18.3 Å². The third-order valence-electron chi connectivity index (χ3n) is 2.25. The standard InChI is InChI=1S/C11H14F2N2O2/c1-7-3-2-4-14-8(7)5-10(17)15-6-9(16)11(12)13/h2-4,9,11,16H,5-6H2,1H3,(H,15,17). The topological polar surface area (TPSA) is 62.2 Å². The lowest BCUT2D eigenvalue weighted by molar-refractivity contribution is -0.121. The average molecular weight is 244 g/mol. The Bertz CT molecular complexity index is 385. The number of rotatable bonds is 5. The van der Waals surface area contributed by atoms with Gasteiger partial charge in [-0.3, -0.25) is 9.78 Å². The summed E-state index contributed by atoms with van der Waals surface area (Å²) in [6.07, 6.45) is -3.11. The van der Waals surface area contributed by atoms with Gasteiger partial charge in [-0.05, 0) is 18.6 Å². The Morgan fingerprint density at radius 2 is 2.29 bits per heavy atom. The maximum Gasteiger partial charge on any atom is 0.265 e. The Kier molecular flexibility index (Phi) is 4.96. The van der Waals surface area contributed by atoms with E-state index in [0.717, 1.165) is 5.56 Å². The van der Waals surface area contributed by atoms with Crippen LogP contribution in [0.1, 0.15) is 11.3 Å². The largest absolute Gasteiger partial charge is 0.385 e. The fourth-order valence-corrected chi connectivity index (χ4v) is 1.23. The van der Waals surface area contributed by atoms with Gasteiger partial charge in [0.25, 0.3) is 6.43 Å². The van der Waals surface area contributed by atoms with Gasteiger partial charge in [0.2, 0.25) is 5.91 Å². The second-order valence-electron chi connectivity index (χ2n) is 3.65. The molecule has 94 valence electrons. The lowest BCUT2D eigenvalue weighted by Gasteiger charge is -2.10. The number of hydrogen-bond acceptors (Lipinski definition) is 3. The normalized spacial score (nSPS) is 12.5. The number of aliphatic hydroxyl groups is 1. The molecule has 2 N–H and O–H groups in total. The molecule has 1 heterocycles. The van der Waals surface area contributed by atoms with Crippen molar-refractivity contribution in [3.63, 3.8) is 0 Å². The third kappa shape index (κ3) is 4.44. The van der Waals surface area contributed by atoms with Crippen LogP contribution in [0, 0.1) is 6.92 Å². The number of nitrogens with zero attached hydrogens (tertiary/aromatic N) is 1. The SMILES string of the molecule is Cc1cccnc1CC(=O)NCC(O)C(F)F. The van der Waals surface area contributed by atoms with Gasteiger partial charge in [0.15, 0.2) is 0 Å². The summed E-state index contributed by atoms with van der Waals surface area (Å²) in [4.78, 5) is 15.4. The van der Waals surface area contributed by atoms with Gasteiger partial charge >= 0.3 is 0 Å². The van der Waals surface area contributed by atoms with Crippen molar-refractivity contribution in [1.29, 1.82) is 0 Å². The molecule has 0 saturated carbocycles. The minimum atomic E-state index is -2.85. The van der Waals surface area contributed by atoms with Crippen LogP contribution in [-0.4, -0.2) is 35.1 Å². The second-order valence-corrected chi connectivity index (χ2v) is 3.65. The maximum absolute atomic E-state index is 12.0. The number of alkyl halides is 2. The first kappa shape index (κ1) is 13.5. The lowest BCUT2D eigenvalue weighted by Crippen LogP contribution is -2.36.